The summed E-state index contributed by atoms with van der Waals surface area (Å²) >= 11 is 0. The van der Waals surface area contributed by atoms with E-state index in [1.54, 1.807) is 12.4 Å². The molecule has 3 rings (SSSR count). The van der Waals surface area contributed by atoms with Crippen molar-refractivity contribution in [2.75, 3.05) is 0 Å². The summed E-state index contributed by atoms with van der Waals surface area (Å²) < 4.78 is 32.8. The molecule has 0 heterocycles. The van der Waals surface area contributed by atoms with Crippen LogP contribution in [0.4, 0.5) is 0 Å². The van der Waals surface area contributed by atoms with Crippen molar-refractivity contribution < 1.29 is 8.42 Å². The van der Waals surface area contributed by atoms with Crippen LogP contribution in [0.15, 0.2) is 91.4 Å². The van der Waals surface area contributed by atoms with E-state index in [0.29, 0.717) is 9.79 Å². The Morgan fingerprint density at radius 2 is 1.04 bits per heavy atom. The summed E-state index contributed by atoms with van der Waals surface area (Å²) in [5.41, 5.74) is 3.82. The summed E-state index contributed by atoms with van der Waals surface area (Å²) in [5.74, 6) is 0. The van der Waals surface area contributed by atoms with Crippen molar-refractivity contribution in [1.82, 2.24) is 0 Å². The molecule has 0 amide bonds. The van der Waals surface area contributed by atoms with Gasteiger partial charge in [0.15, 0.2) is 22.0 Å². The second-order valence-electron chi connectivity index (χ2n) is 6.26. The highest BCUT2D eigenvalue weighted by molar-refractivity contribution is 7.84. The highest BCUT2D eigenvalue weighted by Crippen LogP contribution is 2.11. The van der Waals surface area contributed by atoms with Crippen molar-refractivity contribution in [3.8, 4) is 0 Å². The molecule has 0 N–H and O–H groups in total. The van der Waals surface area contributed by atoms with Crippen LogP contribution in [0.3, 0.4) is 0 Å². The predicted molar refractivity (Wildman–Crippen MR) is 117 cm³/mol. The summed E-state index contributed by atoms with van der Waals surface area (Å²) in [4.78, 5) is 1.32. The third-order valence-corrected chi connectivity index (χ3v) is 5.90. The Morgan fingerprint density at radius 1 is 0.643 bits per heavy atom. The first-order valence-corrected chi connectivity index (χ1v) is 10.9. The van der Waals surface area contributed by atoms with Crippen LogP contribution in [0.5, 0.6) is 0 Å². The van der Waals surface area contributed by atoms with E-state index in [1.807, 2.05) is 86.6 Å². The van der Waals surface area contributed by atoms with Gasteiger partial charge in [-0.25, -0.2) is 8.42 Å². The Bertz CT molecular complexity index is 974. The van der Waals surface area contributed by atoms with Gasteiger partial charge in [-0.3, -0.25) is 0 Å². The van der Waals surface area contributed by atoms with Gasteiger partial charge in [0.05, 0.1) is 9.79 Å². The van der Waals surface area contributed by atoms with Crippen LogP contribution in [-0.2, 0) is 22.0 Å². The van der Waals surface area contributed by atoms with Crippen LogP contribution in [-0.4, -0.2) is 20.8 Å². The fraction of sp³-hybridized carbons (Fsp3) is 0.0909. The minimum atomic E-state index is -1.45. The molecule has 2 unspecified atom stereocenters. The number of aryl methyl sites for hydroxylation is 2. The van der Waals surface area contributed by atoms with Gasteiger partial charge in [-0.05, 0) is 55.3 Å². The maximum atomic E-state index is 12.3. The molecule has 0 bridgehead atoms. The molecule has 3 aromatic rings. The number of hydrogen-bond donors (Lipinski definition) is 0. The number of rotatable bonds is 6. The van der Waals surface area contributed by atoms with E-state index < -0.39 is 22.0 Å². The Labute approximate surface area is 170 Å². The van der Waals surface area contributed by atoms with Crippen molar-refractivity contribution in [3.05, 3.63) is 95.1 Å². The Kier molecular flexibility index (Phi) is 6.79. The minimum Gasteiger partial charge on any atom is -0.229 e. The van der Waals surface area contributed by atoms with Crippen LogP contribution < -0.4 is 0 Å². The molecule has 0 saturated carbocycles. The van der Waals surface area contributed by atoms with E-state index in [2.05, 4.69) is 8.80 Å². The first kappa shape index (κ1) is 20.0. The molecule has 3 aromatic carbocycles. The van der Waals surface area contributed by atoms with Gasteiger partial charge in [-0.15, -0.1) is 0 Å². The van der Waals surface area contributed by atoms with Gasteiger partial charge in [0, 0.05) is 12.4 Å². The molecule has 0 fully saturated rings. The third kappa shape index (κ3) is 5.65. The summed E-state index contributed by atoms with van der Waals surface area (Å²) in [6, 6.07) is 22.3. The van der Waals surface area contributed by atoms with Crippen LogP contribution in [0.25, 0.3) is 0 Å². The predicted octanol–water partition coefficient (Wildman–Crippen LogP) is 4.59. The molecule has 0 aliphatic rings. The molecule has 2 atom stereocenters. The largest absolute Gasteiger partial charge is 0.229 e. The van der Waals surface area contributed by atoms with Gasteiger partial charge < -0.3 is 0 Å². The molecule has 4 nitrogen and oxygen atoms in total. The topological polar surface area (TPSA) is 58.9 Å². The second kappa shape index (κ2) is 9.48. The summed E-state index contributed by atoms with van der Waals surface area (Å²) in [5, 5.41) is 0. The van der Waals surface area contributed by atoms with Crippen LogP contribution in [0, 0.1) is 13.8 Å². The molecule has 0 saturated heterocycles. The molecule has 142 valence electrons. The van der Waals surface area contributed by atoms with Crippen molar-refractivity contribution in [1.29, 1.82) is 0 Å². The van der Waals surface area contributed by atoms with E-state index in [1.165, 1.54) is 0 Å². The first-order valence-electron chi connectivity index (χ1n) is 8.66. The molecule has 0 spiro atoms. The Balaban J connectivity index is 1.69. The van der Waals surface area contributed by atoms with E-state index >= 15 is 0 Å². The maximum absolute atomic E-state index is 12.3. The van der Waals surface area contributed by atoms with Crippen LogP contribution >= 0.6 is 0 Å². The average Bonchev–Trinajstić information content (AvgIpc) is 2.71. The van der Waals surface area contributed by atoms with Gasteiger partial charge in [0.2, 0.25) is 0 Å². The van der Waals surface area contributed by atoms with Gasteiger partial charge in [-0.1, -0.05) is 53.6 Å². The normalized spacial score (nSPS) is 13.8. The zero-order valence-electron chi connectivity index (χ0n) is 15.6. The molecule has 0 aromatic heterocycles. The van der Waals surface area contributed by atoms with Crippen LogP contribution in [0.2, 0.25) is 0 Å². The van der Waals surface area contributed by atoms with E-state index in [4.69, 9.17) is 0 Å². The lowest BCUT2D eigenvalue weighted by Crippen LogP contribution is -1.92. The van der Waals surface area contributed by atoms with E-state index in [0.717, 1.165) is 22.3 Å². The Morgan fingerprint density at radius 3 is 1.43 bits per heavy atom. The maximum Gasteiger partial charge on any atom is 0.172 e. The molecular formula is C22H20N2O2S2. The number of nitrogens with zero attached hydrogens (tertiary/aromatic N) is 2. The number of benzene rings is 3. The number of hydrogen-bond acceptors (Lipinski definition) is 2. The highest BCUT2D eigenvalue weighted by Gasteiger charge is 2.02. The van der Waals surface area contributed by atoms with Gasteiger partial charge in [0.1, 0.15) is 0 Å². The van der Waals surface area contributed by atoms with Crippen molar-refractivity contribution in [2.45, 2.75) is 23.6 Å². The summed E-state index contributed by atoms with van der Waals surface area (Å²) in [6.45, 7) is 3.96. The van der Waals surface area contributed by atoms with Crippen molar-refractivity contribution in [2.24, 2.45) is 8.80 Å². The molecular weight excluding hydrogens is 388 g/mol. The van der Waals surface area contributed by atoms with Gasteiger partial charge >= 0.3 is 0 Å². The SMILES string of the molecule is Cc1ccc(S(=O)/N=C/c2cccc(/C=N/S(=O)c3ccc(C)cc3)c2)cc1. The standard InChI is InChI=1S/C22H20N2O2S2/c1-17-6-10-21(11-7-17)27(25)23-15-19-4-3-5-20(14-19)16-24-28(26)22-12-8-18(2)9-13-22/h3-16H,1-2H3/b23-15+,24-16+. The van der Waals surface area contributed by atoms with Gasteiger partial charge in [0.25, 0.3) is 0 Å². The van der Waals surface area contributed by atoms with Crippen LogP contribution in [0.1, 0.15) is 22.3 Å². The average molecular weight is 409 g/mol. The van der Waals surface area contributed by atoms with Crippen molar-refractivity contribution >= 4 is 34.4 Å². The molecule has 6 heteroatoms. The minimum absolute atomic E-state index is 0.660. The van der Waals surface area contributed by atoms with E-state index in [-0.39, 0.29) is 0 Å². The zero-order valence-corrected chi connectivity index (χ0v) is 17.2. The highest BCUT2D eigenvalue weighted by atomic mass is 32.2. The fourth-order valence-electron chi connectivity index (χ4n) is 2.37. The monoisotopic (exact) mass is 408 g/mol. The van der Waals surface area contributed by atoms with E-state index in [9.17, 15) is 8.42 Å². The molecule has 0 aliphatic carbocycles. The summed E-state index contributed by atoms with van der Waals surface area (Å²) in [7, 11) is -2.90. The summed E-state index contributed by atoms with van der Waals surface area (Å²) in [6.07, 6.45) is 3.15. The molecule has 28 heavy (non-hydrogen) atoms. The third-order valence-electron chi connectivity index (χ3n) is 3.95. The lowest BCUT2D eigenvalue weighted by atomic mass is 10.1. The van der Waals surface area contributed by atoms with Crippen molar-refractivity contribution in [3.63, 3.8) is 0 Å². The quantitative estimate of drug-likeness (QED) is 0.560. The lowest BCUT2D eigenvalue weighted by molar-refractivity contribution is 0.683. The fourth-order valence-corrected chi connectivity index (χ4v) is 3.78. The smallest absolute Gasteiger partial charge is 0.172 e. The van der Waals surface area contributed by atoms with Gasteiger partial charge in [-0.2, -0.15) is 8.80 Å². The lowest BCUT2D eigenvalue weighted by Gasteiger charge is -1.99. The first-order chi connectivity index (χ1) is 13.5. The molecule has 0 radical (unpaired) electrons. The second-order valence-corrected chi connectivity index (χ2v) is 8.62. The molecule has 0 aliphatic heterocycles. The Hall–Kier alpha value is -2.70. The zero-order chi connectivity index (χ0) is 19.9.